The number of rotatable bonds is 10. The molecule has 6 rings (SSSR count). The highest BCUT2D eigenvalue weighted by Gasteiger charge is 2.42. The first-order valence-electron chi connectivity index (χ1n) is 15.0. The highest BCUT2D eigenvalue weighted by atomic mass is 19.4. The van der Waals surface area contributed by atoms with Crippen molar-refractivity contribution in [1.82, 2.24) is 34.0 Å². The zero-order valence-electron chi connectivity index (χ0n) is 25.6. The summed E-state index contributed by atoms with van der Waals surface area (Å²) in [6, 6.07) is 15.1. The number of aliphatic hydroxyl groups is 1. The molecule has 2 atom stereocenters. The Kier molecular flexibility index (Phi) is 9.03. The summed E-state index contributed by atoms with van der Waals surface area (Å²) in [4.78, 5) is 21.2. The molecule has 1 fully saturated rings. The van der Waals surface area contributed by atoms with E-state index < -0.39 is 35.3 Å². The lowest BCUT2D eigenvalue weighted by atomic mass is 9.85. The maximum Gasteiger partial charge on any atom is 0.573 e. The van der Waals surface area contributed by atoms with Crippen LogP contribution in [0.3, 0.4) is 0 Å². The van der Waals surface area contributed by atoms with Crippen molar-refractivity contribution in [3.05, 3.63) is 119 Å². The minimum absolute atomic E-state index is 0.0306. The van der Waals surface area contributed by atoms with E-state index in [0.29, 0.717) is 37.4 Å². The molecule has 0 amide bonds. The van der Waals surface area contributed by atoms with Crippen LogP contribution in [-0.4, -0.2) is 77.7 Å². The van der Waals surface area contributed by atoms with E-state index in [2.05, 4.69) is 29.7 Å². The fourth-order valence-electron chi connectivity index (χ4n) is 5.93. The van der Waals surface area contributed by atoms with Gasteiger partial charge in [0.15, 0.2) is 0 Å². The smallest absolute Gasteiger partial charge is 0.406 e. The molecule has 0 bridgehead atoms. The van der Waals surface area contributed by atoms with E-state index in [1.54, 1.807) is 19.1 Å². The van der Waals surface area contributed by atoms with Crippen molar-refractivity contribution < 1.29 is 31.8 Å². The second-order valence-corrected chi connectivity index (χ2v) is 11.5. The number of ether oxygens (including phenoxy) is 1. The van der Waals surface area contributed by atoms with E-state index in [1.807, 2.05) is 12.1 Å². The number of anilines is 1. The summed E-state index contributed by atoms with van der Waals surface area (Å²) < 4.78 is 73.9. The molecule has 252 valence electrons. The Bertz CT molecular complexity index is 1890. The number of aromatic nitrogens is 6. The van der Waals surface area contributed by atoms with Crippen molar-refractivity contribution in [2.24, 2.45) is 0 Å². The molecule has 0 aliphatic carbocycles. The van der Waals surface area contributed by atoms with Gasteiger partial charge in [0.05, 0.1) is 18.8 Å². The summed E-state index contributed by atoms with van der Waals surface area (Å²) >= 11 is 0. The largest absolute Gasteiger partial charge is 0.573 e. The van der Waals surface area contributed by atoms with Crippen LogP contribution in [0.15, 0.2) is 90.5 Å². The van der Waals surface area contributed by atoms with E-state index in [-0.39, 0.29) is 24.4 Å². The third-order valence-electron chi connectivity index (χ3n) is 8.54. The van der Waals surface area contributed by atoms with Gasteiger partial charge in [-0.1, -0.05) is 18.2 Å². The standard InChI is InChI=1S/C32H31F5N8O3/c1-22(31(47,18-43-20-38-19-39-43)28-11-4-24(33)16-29(28)34)41-12-14-42(15-13-41)25-5-7-26(8-6-25)44-21-40-45(30(44)46)17-23-2-9-27(10-3-23)48-32(35,36)37/h2-11,16,19-22,47H,12-15,17-18H2,1H3/t22-,31-/m1/s1. The molecular formula is C32H31F5N8O3. The Hall–Kier alpha value is -5.09. The SMILES string of the molecule is C[C@@H](N1CCN(c2ccc(-n3cnn(Cc4ccc(OC(F)(F)F)cc4)c3=O)cc2)CC1)[C@](O)(Cn1cncn1)c1ccc(F)cc1F. The molecule has 16 heteroatoms. The van der Waals surface area contributed by atoms with Crippen LogP contribution in [0, 0.1) is 11.6 Å². The maximum absolute atomic E-state index is 15.0. The van der Waals surface area contributed by atoms with E-state index in [0.717, 1.165) is 17.8 Å². The minimum atomic E-state index is -4.79. The van der Waals surface area contributed by atoms with Crippen molar-refractivity contribution in [2.75, 3.05) is 31.1 Å². The van der Waals surface area contributed by atoms with E-state index in [4.69, 9.17) is 0 Å². The number of alkyl halides is 3. The molecule has 11 nitrogen and oxygen atoms in total. The molecule has 0 saturated carbocycles. The molecule has 1 aliphatic heterocycles. The van der Waals surface area contributed by atoms with Crippen molar-refractivity contribution in [1.29, 1.82) is 0 Å². The fraction of sp³-hybridized carbons (Fsp3) is 0.312. The second kappa shape index (κ2) is 13.2. The molecule has 0 spiro atoms. The van der Waals surface area contributed by atoms with Gasteiger partial charge >= 0.3 is 12.1 Å². The Balaban J connectivity index is 1.10. The predicted octanol–water partition coefficient (Wildman–Crippen LogP) is 3.95. The van der Waals surface area contributed by atoms with Gasteiger partial charge in [0.1, 0.15) is 42.0 Å². The van der Waals surface area contributed by atoms with Gasteiger partial charge in [-0.15, -0.1) is 13.2 Å². The molecule has 1 saturated heterocycles. The van der Waals surface area contributed by atoms with Crippen LogP contribution in [0.1, 0.15) is 18.1 Å². The lowest BCUT2D eigenvalue weighted by Crippen LogP contribution is -2.57. The Morgan fingerprint density at radius 3 is 2.21 bits per heavy atom. The normalized spacial score (nSPS) is 16.1. The van der Waals surface area contributed by atoms with Crippen LogP contribution in [0.5, 0.6) is 5.75 Å². The van der Waals surface area contributed by atoms with Gasteiger partial charge in [0, 0.05) is 49.5 Å². The van der Waals surface area contributed by atoms with E-state index >= 15 is 0 Å². The first-order valence-corrected chi connectivity index (χ1v) is 15.0. The number of hydrogen-bond acceptors (Lipinski definition) is 8. The average Bonchev–Trinajstić information content (AvgIpc) is 3.70. The van der Waals surface area contributed by atoms with Gasteiger partial charge < -0.3 is 14.7 Å². The van der Waals surface area contributed by atoms with Gasteiger partial charge in [-0.05, 0) is 55.0 Å². The lowest BCUT2D eigenvalue weighted by Gasteiger charge is -2.45. The summed E-state index contributed by atoms with van der Waals surface area (Å²) in [5, 5.41) is 20.2. The summed E-state index contributed by atoms with van der Waals surface area (Å²) in [6.45, 7) is 4.05. The third-order valence-corrected chi connectivity index (χ3v) is 8.54. The van der Waals surface area contributed by atoms with Gasteiger partial charge in [-0.3, -0.25) is 4.90 Å². The van der Waals surface area contributed by atoms with Crippen LogP contribution in [0.2, 0.25) is 0 Å². The van der Waals surface area contributed by atoms with Crippen molar-refractivity contribution in [2.45, 2.75) is 38.0 Å². The number of hydrogen-bond donors (Lipinski definition) is 1. The van der Waals surface area contributed by atoms with Crippen LogP contribution < -0.4 is 15.3 Å². The first-order chi connectivity index (χ1) is 22.9. The molecule has 2 aromatic heterocycles. The van der Waals surface area contributed by atoms with Gasteiger partial charge in [0.2, 0.25) is 0 Å². The number of nitrogens with zero attached hydrogens (tertiary/aromatic N) is 8. The average molecular weight is 671 g/mol. The molecule has 0 radical (unpaired) electrons. The topological polar surface area (TPSA) is 106 Å². The molecule has 5 aromatic rings. The molecule has 1 N–H and O–H groups in total. The van der Waals surface area contributed by atoms with Crippen LogP contribution in [-0.2, 0) is 18.7 Å². The van der Waals surface area contributed by atoms with E-state index in [9.17, 15) is 31.9 Å². The van der Waals surface area contributed by atoms with E-state index in [1.165, 1.54) is 63.2 Å². The Morgan fingerprint density at radius 2 is 1.58 bits per heavy atom. The molecular weight excluding hydrogens is 639 g/mol. The molecule has 3 heterocycles. The van der Waals surface area contributed by atoms with Gasteiger partial charge in [0.25, 0.3) is 0 Å². The quantitative estimate of drug-likeness (QED) is 0.223. The van der Waals surface area contributed by atoms with Crippen LogP contribution >= 0.6 is 0 Å². The van der Waals surface area contributed by atoms with Crippen molar-refractivity contribution in [3.63, 3.8) is 0 Å². The fourth-order valence-corrected chi connectivity index (χ4v) is 5.93. The number of benzene rings is 3. The minimum Gasteiger partial charge on any atom is -0.406 e. The maximum atomic E-state index is 15.0. The Morgan fingerprint density at radius 1 is 0.896 bits per heavy atom. The monoisotopic (exact) mass is 670 g/mol. The van der Waals surface area contributed by atoms with Crippen LogP contribution in [0.4, 0.5) is 27.6 Å². The van der Waals surface area contributed by atoms with Crippen molar-refractivity contribution in [3.8, 4) is 11.4 Å². The first kappa shape index (κ1) is 32.8. The van der Waals surface area contributed by atoms with Crippen LogP contribution in [0.25, 0.3) is 5.69 Å². The predicted molar refractivity (Wildman–Crippen MR) is 164 cm³/mol. The van der Waals surface area contributed by atoms with Crippen molar-refractivity contribution >= 4 is 5.69 Å². The Labute approximate surface area is 271 Å². The second-order valence-electron chi connectivity index (χ2n) is 11.5. The zero-order chi connectivity index (χ0) is 34.1. The molecule has 48 heavy (non-hydrogen) atoms. The molecule has 0 unspecified atom stereocenters. The molecule has 3 aromatic carbocycles. The third kappa shape index (κ3) is 7.08. The summed E-state index contributed by atoms with van der Waals surface area (Å²) in [7, 11) is 0. The summed E-state index contributed by atoms with van der Waals surface area (Å²) in [5.41, 5.74) is -0.127. The molecule has 1 aliphatic rings. The zero-order valence-corrected chi connectivity index (χ0v) is 25.6. The highest BCUT2D eigenvalue weighted by Crippen LogP contribution is 2.33. The summed E-state index contributed by atoms with van der Waals surface area (Å²) in [6.07, 6.45) is -0.663. The van der Waals surface area contributed by atoms with Gasteiger partial charge in [-0.2, -0.15) is 10.2 Å². The highest BCUT2D eigenvalue weighted by molar-refractivity contribution is 5.51. The number of halogens is 5. The van der Waals surface area contributed by atoms with Gasteiger partial charge in [-0.25, -0.2) is 32.5 Å². The lowest BCUT2D eigenvalue weighted by molar-refractivity contribution is -0.274. The summed E-state index contributed by atoms with van der Waals surface area (Å²) in [5.74, 6) is -1.94. The number of piperazine rings is 1.